The number of ether oxygens (including phenoxy) is 1. The molecule has 2 aromatic carbocycles. The molecule has 0 radical (unpaired) electrons. The number of carbonyl (C=O) groups excluding carboxylic acids is 2. The van der Waals surface area contributed by atoms with Gasteiger partial charge in [-0.1, -0.05) is 42.1 Å². The van der Waals surface area contributed by atoms with Crippen molar-refractivity contribution in [1.82, 2.24) is 0 Å². The second-order valence-corrected chi connectivity index (χ2v) is 6.95. The molecule has 5 nitrogen and oxygen atoms in total. The molecule has 0 spiro atoms. The summed E-state index contributed by atoms with van der Waals surface area (Å²) in [7, 11) is 0. The number of nitrogens with one attached hydrogen (secondary N) is 1. The lowest BCUT2D eigenvalue weighted by Gasteiger charge is -2.15. The molecule has 1 amide bonds. The lowest BCUT2D eigenvalue weighted by Crippen LogP contribution is -2.30. The van der Waals surface area contributed by atoms with Crippen molar-refractivity contribution in [3.05, 3.63) is 78.3 Å². The smallest absolute Gasteiger partial charge is 0.342 e. The predicted octanol–water partition coefficient (Wildman–Crippen LogP) is 4.92. The first-order valence-corrected chi connectivity index (χ1v) is 9.24. The van der Waals surface area contributed by atoms with Crippen LogP contribution >= 0.6 is 11.8 Å². The van der Waals surface area contributed by atoms with Crippen molar-refractivity contribution in [2.75, 3.05) is 5.32 Å². The lowest BCUT2D eigenvalue weighted by atomic mass is 10.2. The Kier molecular flexibility index (Phi) is 5.98. The Morgan fingerprint density at radius 2 is 1.74 bits per heavy atom. The molecule has 0 aliphatic rings. The number of hydrogen-bond acceptors (Lipinski definition) is 5. The summed E-state index contributed by atoms with van der Waals surface area (Å²) in [4.78, 5) is 26.6. The van der Waals surface area contributed by atoms with Crippen molar-refractivity contribution >= 4 is 29.3 Å². The van der Waals surface area contributed by atoms with Gasteiger partial charge in [0, 0.05) is 9.79 Å². The summed E-state index contributed by atoms with van der Waals surface area (Å²) in [5.41, 5.74) is 0.980. The van der Waals surface area contributed by atoms with Crippen molar-refractivity contribution in [1.29, 1.82) is 0 Å². The zero-order valence-corrected chi connectivity index (χ0v) is 15.8. The van der Waals surface area contributed by atoms with E-state index in [1.807, 2.05) is 54.6 Å². The minimum Gasteiger partial charge on any atom is -0.469 e. The molecule has 0 aliphatic carbocycles. The third-order valence-electron chi connectivity index (χ3n) is 3.85. The first kappa shape index (κ1) is 18.8. The summed E-state index contributed by atoms with van der Waals surface area (Å²) in [6, 6.07) is 18.9. The van der Waals surface area contributed by atoms with Gasteiger partial charge in [-0.3, -0.25) is 4.79 Å². The monoisotopic (exact) mass is 381 g/mol. The van der Waals surface area contributed by atoms with Crippen LogP contribution in [0.5, 0.6) is 0 Å². The Morgan fingerprint density at radius 1 is 1.04 bits per heavy atom. The molecule has 1 N–H and O–H groups in total. The van der Waals surface area contributed by atoms with Gasteiger partial charge in [0.1, 0.15) is 11.3 Å². The summed E-state index contributed by atoms with van der Waals surface area (Å²) in [5.74, 6) is -0.529. The van der Waals surface area contributed by atoms with E-state index in [2.05, 4.69) is 5.32 Å². The molecular weight excluding hydrogens is 362 g/mol. The number of amides is 1. The van der Waals surface area contributed by atoms with Crippen molar-refractivity contribution in [3.8, 4) is 0 Å². The van der Waals surface area contributed by atoms with Gasteiger partial charge in [-0.15, -0.1) is 0 Å². The third-order valence-corrected chi connectivity index (χ3v) is 4.93. The van der Waals surface area contributed by atoms with E-state index in [0.717, 1.165) is 9.79 Å². The van der Waals surface area contributed by atoms with Crippen LogP contribution < -0.4 is 5.32 Å². The molecule has 3 rings (SSSR count). The molecule has 138 valence electrons. The highest BCUT2D eigenvalue weighted by molar-refractivity contribution is 7.99. The molecule has 0 aliphatic heterocycles. The van der Waals surface area contributed by atoms with Crippen molar-refractivity contribution in [2.45, 2.75) is 29.7 Å². The second-order valence-electron chi connectivity index (χ2n) is 5.84. The fourth-order valence-corrected chi connectivity index (χ4v) is 3.31. The second kappa shape index (κ2) is 8.60. The molecule has 0 saturated heterocycles. The summed E-state index contributed by atoms with van der Waals surface area (Å²) >= 11 is 1.55. The first-order chi connectivity index (χ1) is 13.0. The van der Waals surface area contributed by atoms with Gasteiger partial charge >= 0.3 is 5.97 Å². The molecular formula is C21H19NO4S. The summed E-state index contributed by atoms with van der Waals surface area (Å²) in [6.45, 7) is 3.20. The van der Waals surface area contributed by atoms with Crippen molar-refractivity contribution < 1.29 is 18.7 Å². The summed E-state index contributed by atoms with van der Waals surface area (Å²) in [5, 5.41) is 2.84. The maximum absolute atomic E-state index is 12.5. The summed E-state index contributed by atoms with van der Waals surface area (Å²) in [6.07, 6.45) is 0.467. The molecule has 0 fully saturated rings. The van der Waals surface area contributed by atoms with E-state index in [4.69, 9.17) is 9.15 Å². The van der Waals surface area contributed by atoms with Crippen molar-refractivity contribution in [2.24, 2.45) is 0 Å². The standard InChI is InChI=1S/C21H19NO4S/c1-14-17(12-13-25-14)21(24)26-15(2)20(23)22-18-10-6-7-11-19(18)27-16-8-4-3-5-9-16/h3-13,15H,1-2H3,(H,22,23)/t15-/m1/s1. The van der Waals surface area contributed by atoms with Gasteiger partial charge in [-0.05, 0) is 44.2 Å². The average Bonchev–Trinajstić information content (AvgIpc) is 3.10. The number of benzene rings is 2. The van der Waals surface area contributed by atoms with Gasteiger partial charge in [0.2, 0.25) is 0 Å². The van der Waals surface area contributed by atoms with Crippen molar-refractivity contribution in [3.63, 3.8) is 0 Å². The van der Waals surface area contributed by atoms with Crippen LogP contribution in [0.25, 0.3) is 0 Å². The Hall–Kier alpha value is -2.99. The summed E-state index contributed by atoms with van der Waals surface area (Å²) < 4.78 is 10.3. The van der Waals surface area contributed by atoms with Gasteiger partial charge in [-0.25, -0.2) is 4.79 Å². The predicted molar refractivity (Wildman–Crippen MR) is 104 cm³/mol. The van der Waals surface area contributed by atoms with Gasteiger partial charge in [0.25, 0.3) is 5.91 Å². The van der Waals surface area contributed by atoms with Crippen LogP contribution in [0.1, 0.15) is 23.0 Å². The van der Waals surface area contributed by atoms with E-state index in [0.29, 0.717) is 17.0 Å². The van der Waals surface area contributed by atoms with Crippen LogP contribution in [0.15, 0.2) is 81.1 Å². The number of aryl methyl sites for hydroxylation is 1. The SMILES string of the molecule is Cc1occc1C(=O)O[C@H](C)C(=O)Nc1ccccc1Sc1ccccc1. The first-order valence-electron chi connectivity index (χ1n) is 8.42. The highest BCUT2D eigenvalue weighted by Gasteiger charge is 2.22. The van der Waals surface area contributed by atoms with E-state index >= 15 is 0 Å². The van der Waals surface area contributed by atoms with Gasteiger partial charge in [-0.2, -0.15) is 0 Å². The van der Waals surface area contributed by atoms with E-state index < -0.39 is 18.0 Å². The van der Waals surface area contributed by atoms with Gasteiger partial charge < -0.3 is 14.5 Å². The molecule has 0 saturated carbocycles. The number of hydrogen-bond donors (Lipinski definition) is 1. The largest absolute Gasteiger partial charge is 0.469 e. The fourth-order valence-electron chi connectivity index (χ4n) is 2.38. The molecule has 1 aromatic heterocycles. The van der Waals surface area contributed by atoms with Gasteiger partial charge in [0.15, 0.2) is 6.10 Å². The highest BCUT2D eigenvalue weighted by Crippen LogP contribution is 2.33. The molecule has 6 heteroatoms. The van der Waals surface area contributed by atoms with Crippen LogP contribution in [-0.4, -0.2) is 18.0 Å². The molecule has 27 heavy (non-hydrogen) atoms. The molecule has 0 unspecified atom stereocenters. The molecule has 1 heterocycles. The molecule has 0 bridgehead atoms. The highest BCUT2D eigenvalue weighted by atomic mass is 32.2. The van der Waals surface area contributed by atoms with Crippen LogP contribution in [0.4, 0.5) is 5.69 Å². The number of furan rings is 1. The maximum atomic E-state index is 12.5. The third kappa shape index (κ3) is 4.80. The maximum Gasteiger partial charge on any atom is 0.342 e. The normalized spacial score (nSPS) is 11.6. The van der Waals surface area contributed by atoms with Crippen LogP contribution in [-0.2, 0) is 9.53 Å². The average molecular weight is 381 g/mol. The van der Waals surface area contributed by atoms with Crippen LogP contribution in [0.2, 0.25) is 0 Å². The zero-order valence-electron chi connectivity index (χ0n) is 15.0. The Bertz CT molecular complexity index is 936. The van der Waals surface area contributed by atoms with Crippen LogP contribution in [0, 0.1) is 6.92 Å². The number of rotatable bonds is 6. The van der Waals surface area contributed by atoms with E-state index in [-0.39, 0.29) is 0 Å². The molecule has 1 atom stereocenters. The Morgan fingerprint density at radius 3 is 2.44 bits per heavy atom. The van der Waals surface area contributed by atoms with E-state index in [1.54, 1.807) is 18.7 Å². The Balaban J connectivity index is 1.67. The molecule has 3 aromatic rings. The lowest BCUT2D eigenvalue weighted by molar-refractivity contribution is -0.123. The zero-order chi connectivity index (χ0) is 19.2. The number of para-hydroxylation sites is 1. The van der Waals surface area contributed by atoms with E-state index in [1.165, 1.54) is 19.3 Å². The number of anilines is 1. The fraction of sp³-hybridized carbons (Fsp3) is 0.143. The topological polar surface area (TPSA) is 68.5 Å². The quantitative estimate of drug-likeness (QED) is 0.614. The van der Waals surface area contributed by atoms with Crippen LogP contribution in [0.3, 0.4) is 0 Å². The number of carbonyl (C=O) groups is 2. The van der Waals surface area contributed by atoms with Gasteiger partial charge in [0.05, 0.1) is 12.0 Å². The minimum absolute atomic E-state index is 0.315. The van der Waals surface area contributed by atoms with E-state index in [9.17, 15) is 9.59 Å². The minimum atomic E-state index is -0.943. The Labute approximate surface area is 161 Å². The number of esters is 1.